The molecule has 1 heterocycles. The van der Waals surface area contributed by atoms with E-state index in [2.05, 4.69) is 4.98 Å². The fourth-order valence-corrected chi connectivity index (χ4v) is 4.25. The standard InChI is InChI=1S/C29H30N2O5/c1-17-10-11-23(12-19(17)3)31(16-22-13-20-9-7-8-18(2)26(20)30-28(22)32)29(33)21-14-24(34-4)27(36-6)25(15-21)35-5/h7-15H,16H2,1-6H3,(H,30,32). The number of carbonyl (C=O) groups excluding carboxylic acids is 1. The Hall–Kier alpha value is -4.26. The molecular weight excluding hydrogens is 456 g/mol. The zero-order valence-corrected chi connectivity index (χ0v) is 21.4. The van der Waals surface area contributed by atoms with E-state index in [0.717, 1.165) is 27.6 Å². The average molecular weight is 487 g/mol. The molecular formula is C29H30N2O5. The number of pyridine rings is 1. The smallest absolute Gasteiger partial charge is 0.258 e. The second-order valence-electron chi connectivity index (χ2n) is 8.74. The number of hydrogen-bond donors (Lipinski definition) is 1. The number of aryl methyl sites for hydroxylation is 3. The predicted octanol–water partition coefficient (Wildman–Crippen LogP) is 5.33. The Morgan fingerprint density at radius 1 is 0.833 bits per heavy atom. The molecule has 0 spiro atoms. The van der Waals surface area contributed by atoms with Gasteiger partial charge in [0, 0.05) is 16.8 Å². The Balaban J connectivity index is 1.85. The Bertz CT molecular complexity index is 1480. The number of amides is 1. The van der Waals surface area contributed by atoms with E-state index in [-0.39, 0.29) is 18.0 Å². The minimum Gasteiger partial charge on any atom is -0.493 e. The normalized spacial score (nSPS) is 10.8. The van der Waals surface area contributed by atoms with Crippen LogP contribution in [0.2, 0.25) is 0 Å². The highest BCUT2D eigenvalue weighted by atomic mass is 16.5. The fraction of sp³-hybridized carbons (Fsp3) is 0.241. The lowest BCUT2D eigenvalue weighted by Crippen LogP contribution is -2.33. The lowest BCUT2D eigenvalue weighted by Gasteiger charge is -2.25. The fourth-order valence-electron chi connectivity index (χ4n) is 4.25. The van der Waals surface area contributed by atoms with Crippen LogP contribution in [0, 0.1) is 20.8 Å². The van der Waals surface area contributed by atoms with Crippen molar-refractivity contribution in [3.05, 3.63) is 92.8 Å². The molecule has 7 nitrogen and oxygen atoms in total. The quantitative estimate of drug-likeness (QED) is 0.382. The molecule has 186 valence electrons. The maximum atomic E-state index is 14.0. The molecule has 0 radical (unpaired) electrons. The first-order valence-corrected chi connectivity index (χ1v) is 11.6. The largest absolute Gasteiger partial charge is 0.493 e. The zero-order valence-electron chi connectivity index (χ0n) is 21.4. The van der Waals surface area contributed by atoms with Gasteiger partial charge in [-0.2, -0.15) is 0 Å². The number of ether oxygens (including phenoxy) is 3. The van der Waals surface area contributed by atoms with Crippen molar-refractivity contribution in [3.8, 4) is 17.2 Å². The summed E-state index contributed by atoms with van der Waals surface area (Å²) in [7, 11) is 4.52. The average Bonchev–Trinajstić information content (AvgIpc) is 2.88. The van der Waals surface area contributed by atoms with Gasteiger partial charge < -0.3 is 24.1 Å². The molecule has 4 rings (SSSR count). The number of carbonyl (C=O) groups is 1. The molecule has 0 aliphatic rings. The van der Waals surface area contributed by atoms with Crippen LogP contribution in [0.3, 0.4) is 0 Å². The van der Waals surface area contributed by atoms with Crippen molar-refractivity contribution in [2.45, 2.75) is 27.3 Å². The number of fused-ring (bicyclic) bond motifs is 1. The number of para-hydroxylation sites is 1. The number of rotatable bonds is 7. The molecule has 0 fully saturated rings. The number of nitrogens with one attached hydrogen (secondary N) is 1. The topological polar surface area (TPSA) is 80.9 Å². The Kier molecular flexibility index (Phi) is 7.01. The van der Waals surface area contributed by atoms with Crippen LogP contribution in [0.25, 0.3) is 10.9 Å². The Morgan fingerprint density at radius 3 is 2.14 bits per heavy atom. The molecule has 0 unspecified atom stereocenters. The van der Waals surface area contributed by atoms with Gasteiger partial charge in [0.25, 0.3) is 11.5 Å². The minimum absolute atomic E-state index is 0.0806. The molecule has 0 aliphatic carbocycles. The van der Waals surface area contributed by atoms with Crippen molar-refractivity contribution in [1.82, 2.24) is 4.98 Å². The van der Waals surface area contributed by atoms with E-state index in [4.69, 9.17) is 14.2 Å². The molecule has 0 atom stereocenters. The maximum Gasteiger partial charge on any atom is 0.258 e. The van der Waals surface area contributed by atoms with Crippen molar-refractivity contribution in [1.29, 1.82) is 0 Å². The van der Waals surface area contributed by atoms with Crippen LogP contribution in [0.1, 0.15) is 32.6 Å². The Morgan fingerprint density at radius 2 is 1.53 bits per heavy atom. The van der Waals surface area contributed by atoms with Crippen molar-refractivity contribution < 1.29 is 19.0 Å². The van der Waals surface area contributed by atoms with Crippen LogP contribution in [0.4, 0.5) is 5.69 Å². The molecule has 0 saturated carbocycles. The third-order valence-electron chi connectivity index (χ3n) is 6.45. The van der Waals surface area contributed by atoms with Gasteiger partial charge in [0.1, 0.15) is 0 Å². The summed E-state index contributed by atoms with van der Waals surface area (Å²) in [6.45, 7) is 6.04. The van der Waals surface area contributed by atoms with E-state index < -0.39 is 0 Å². The first kappa shape index (κ1) is 24.9. The van der Waals surface area contributed by atoms with Gasteiger partial charge in [-0.15, -0.1) is 0 Å². The summed E-state index contributed by atoms with van der Waals surface area (Å²) in [4.78, 5) is 31.6. The molecule has 1 N–H and O–H groups in total. The third-order valence-corrected chi connectivity index (χ3v) is 6.45. The molecule has 0 aliphatic heterocycles. The summed E-state index contributed by atoms with van der Waals surface area (Å²) in [6.07, 6.45) is 0. The van der Waals surface area contributed by atoms with Crippen LogP contribution in [0.5, 0.6) is 17.2 Å². The second kappa shape index (κ2) is 10.2. The van der Waals surface area contributed by atoms with Crippen molar-refractivity contribution >= 4 is 22.5 Å². The molecule has 4 aromatic rings. The number of methoxy groups -OCH3 is 3. The van der Waals surface area contributed by atoms with E-state index in [1.807, 2.05) is 63.2 Å². The van der Waals surface area contributed by atoms with E-state index in [9.17, 15) is 9.59 Å². The maximum absolute atomic E-state index is 14.0. The summed E-state index contributed by atoms with van der Waals surface area (Å²) in [5.41, 5.74) is 5.19. The number of H-pyrrole nitrogens is 1. The molecule has 3 aromatic carbocycles. The summed E-state index contributed by atoms with van der Waals surface area (Å²) in [5.74, 6) is 0.843. The van der Waals surface area contributed by atoms with Crippen molar-refractivity contribution in [2.75, 3.05) is 26.2 Å². The highest BCUT2D eigenvalue weighted by molar-refractivity contribution is 6.07. The third kappa shape index (κ3) is 4.64. The monoisotopic (exact) mass is 486 g/mol. The van der Waals surface area contributed by atoms with Gasteiger partial charge in [0.05, 0.1) is 33.4 Å². The van der Waals surface area contributed by atoms with Crippen molar-refractivity contribution in [3.63, 3.8) is 0 Å². The lowest BCUT2D eigenvalue weighted by molar-refractivity contribution is 0.0984. The first-order valence-electron chi connectivity index (χ1n) is 11.6. The summed E-state index contributed by atoms with van der Waals surface area (Å²) in [6, 6.07) is 16.7. The molecule has 0 bridgehead atoms. The summed E-state index contributed by atoms with van der Waals surface area (Å²) in [5, 5.41) is 0.907. The van der Waals surface area contributed by atoms with E-state index in [1.165, 1.54) is 21.3 Å². The van der Waals surface area contributed by atoms with Crippen LogP contribution in [-0.4, -0.2) is 32.2 Å². The highest BCUT2D eigenvalue weighted by Gasteiger charge is 2.24. The number of hydrogen-bond acceptors (Lipinski definition) is 5. The van der Waals surface area contributed by atoms with Gasteiger partial charge in [0.15, 0.2) is 11.5 Å². The van der Waals surface area contributed by atoms with Crippen LogP contribution >= 0.6 is 0 Å². The number of benzene rings is 3. The SMILES string of the molecule is COc1cc(C(=O)N(Cc2cc3cccc(C)c3[nH]c2=O)c2ccc(C)c(C)c2)cc(OC)c1OC. The number of aromatic amines is 1. The van der Waals surface area contributed by atoms with Crippen LogP contribution in [-0.2, 0) is 6.54 Å². The predicted molar refractivity (Wildman–Crippen MR) is 142 cm³/mol. The van der Waals surface area contributed by atoms with Gasteiger partial charge in [0.2, 0.25) is 5.75 Å². The van der Waals surface area contributed by atoms with E-state index in [0.29, 0.717) is 34.1 Å². The zero-order chi connectivity index (χ0) is 26.0. The van der Waals surface area contributed by atoms with Gasteiger partial charge in [-0.05, 0) is 73.2 Å². The van der Waals surface area contributed by atoms with Crippen LogP contribution in [0.15, 0.2) is 59.4 Å². The molecule has 7 heteroatoms. The first-order chi connectivity index (χ1) is 17.3. The molecule has 1 amide bonds. The summed E-state index contributed by atoms with van der Waals surface area (Å²) < 4.78 is 16.3. The minimum atomic E-state index is -0.304. The molecule has 0 saturated heterocycles. The number of nitrogens with zero attached hydrogens (tertiary/aromatic N) is 1. The van der Waals surface area contributed by atoms with Gasteiger partial charge in [-0.3, -0.25) is 9.59 Å². The van der Waals surface area contributed by atoms with E-state index >= 15 is 0 Å². The summed E-state index contributed by atoms with van der Waals surface area (Å²) >= 11 is 0. The molecule has 1 aromatic heterocycles. The van der Waals surface area contributed by atoms with Crippen molar-refractivity contribution in [2.24, 2.45) is 0 Å². The van der Waals surface area contributed by atoms with Gasteiger partial charge in [-0.25, -0.2) is 0 Å². The number of aromatic nitrogens is 1. The molecule has 36 heavy (non-hydrogen) atoms. The highest BCUT2D eigenvalue weighted by Crippen LogP contribution is 2.39. The van der Waals surface area contributed by atoms with Gasteiger partial charge in [-0.1, -0.05) is 24.3 Å². The Labute approximate surface area is 210 Å². The van der Waals surface area contributed by atoms with Crippen LogP contribution < -0.4 is 24.7 Å². The second-order valence-corrected chi connectivity index (χ2v) is 8.74. The van der Waals surface area contributed by atoms with Gasteiger partial charge >= 0.3 is 0 Å². The number of anilines is 1. The van der Waals surface area contributed by atoms with E-state index in [1.54, 1.807) is 17.0 Å². The lowest BCUT2D eigenvalue weighted by atomic mass is 10.1.